The smallest absolute Gasteiger partial charge is 0.0640 e. The van der Waals surface area contributed by atoms with E-state index in [2.05, 4.69) is 121 Å². The SMILES string of the molecule is Cc1cc(N(CCO)CCC#N)ccc1C(c1ccc(SCc2ccccc2)cc1)c1ccc(N(CCO)CCC#N)cc1C. The number of nitriles is 2. The van der Waals surface area contributed by atoms with E-state index in [4.69, 9.17) is 10.5 Å². The Balaban J connectivity index is 1.72. The average molecular weight is 619 g/mol. The molecule has 0 unspecified atom stereocenters. The van der Waals surface area contributed by atoms with E-state index in [1.807, 2.05) is 17.8 Å². The van der Waals surface area contributed by atoms with Crippen molar-refractivity contribution in [3.05, 3.63) is 124 Å². The standard InChI is InChI=1S/C38H42N4O2S/c1-29-26-33(41(22-24-43)20-6-18-39)12-16-36(29)38(32-10-14-35(15-11-32)45-28-31-8-4-3-5-9-31)37-17-13-34(27-30(37)2)42(23-25-44)21-7-19-40/h3-5,8-17,26-27,38,43-44H,6-7,20-25,28H2,1-2H3. The lowest BCUT2D eigenvalue weighted by atomic mass is 9.81. The lowest BCUT2D eigenvalue weighted by Crippen LogP contribution is -2.28. The minimum absolute atomic E-state index is 0.0166. The van der Waals surface area contributed by atoms with Crippen molar-refractivity contribution in [3.8, 4) is 12.1 Å². The number of aliphatic hydroxyl groups is 2. The maximum Gasteiger partial charge on any atom is 0.0640 e. The fourth-order valence-corrected chi connectivity index (χ4v) is 6.59. The van der Waals surface area contributed by atoms with Gasteiger partial charge in [-0.3, -0.25) is 0 Å². The third-order valence-electron chi connectivity index (χ3n) is 8.05. The number of hydrogen-bond acceptors (Lipinski definition) is 7. The van der Waals surface area contributed by atoms with Crippen LogP contribution in [0.1, 0.15) is 52.1 Å². The first-order chi connectivity index (χ1) is 22.0. The fourth-order valence-electron chi connectivity index (χ4n) is 5.74. The summed E-state index contributed by atoms with van der Waals surface area (Å²) in [6, 6.07) is 36.7. The van der Waals surface area contributed by atoms with Gasteiger partial charge in [0, 0.05) is 54.1 Å². The zero-order valence-electron chi connectivity index (χ0n) is 26.2. The van der Waals surface area contributed by atoms with Crippen LogP contribution in [0.25, 0.3) is 0 Å². The summed E-state index contributed by atoms with van der Waals surface area (Å²) in [4.78, 5) is 5.34. The molecule has 0 atom stereocenters. The van der Waals surface area contributed by atoms with Gasteiger partial charge in [-0.1, -0.05) is 54.6 Å². The minimum atomic E-state index is -0.0166. The monoisotopic (exact) mass is 618 g/mol. The first-order valence-corrected chi connectivity index (χ1v) is 16.4. The van der Waals surface area contributed by atoms with Gasteiger partial charge in [0.05, 0.1) is 38.2 Å². The molecule has 0 aliphatic rings. The van der Waals surface area contributed by atoms with Gasteiger partial charge in [0.25, 0.3) is 0 Å². The third kappa shape index (κ3) is 9.12. The topological polar surface area (TPSA) is 94.5 Å². The number of nitrogens with zero attached hydrogens (tertiary/aromatic N) is 4. The molecule has 0 saturated carbocycles. The summed E-state index contributed by atoms with van der Waals surface area (Å²) in [7, 11) is 0. The Morgan fingerprint density at radius 2 is 1.18 bits per heavy atom. The molecular weight excluding hydrogens is 577 g/mol. The van der Waals surface area contributed by atoms with Crippen LogP contribution in [0.4, 0.5) is 11.4 Å². The van der Waals surface area contributed by atoms with Crippen molar-refractivity contribution in [2.75, 3.05) is 49.2 Å². The van der Waals surface area contributed by atoms with E-state index in [0.29, 0.717) is 39.0 Å². The van der Waals surface area contributed by atoms with E-state index in [-0.39, 0.29) is 19.1 Å². The Bertz CT molecular complexity index is 1520. The van der Waals surface area contributed by atoms with Crippen LogP contribution in [0.3, 0.4) is 0 Å². The summed E-state index contributed by atoms with van der Waals surface area (Å²) in [6.45, 7) is 6.40. The van der Waals surface area contributed by atoms with Crippen LogP contribution in [-0.4, -0.2) is 49.6 Å². The second kappa shape index (κ2) is 17.3. The molecule has 4 aromatic carbocycles. The van der Waals surface area contributed by atoms with E-state index in [1.165, 1.54) is 27.1 Å². The molecule has 0 radical (unpaired) electrons. The number of thioether (sulfide) groups is 1. The van der Waals surface area contributed by atoms with Crippen molar-refractivity contribution in [1.29, 1.82) is 10.5 Å². The molecule has 0 aliphatic carbocycles. The van der Waals surface area contributed by atoms with Gasteiger partial charge in [-0.25, -0.2) is 0 Å². The van der Waals surface area contributed by atoms with Gasteiger partial charge in [0.1, 0.15) is 0 Å². The largest absolute Gasteiger partial charge is 0.395 e. The van der Waals surface area contributed by atoms with Gasteiger partial charge in [-0.2, -0.15) is 10.5 Å². The van der Waals surface area contributed by atoms with Crippen LogP contribution in [-0.2, 0) is 5.75 Å². The highest BCUT2D eigenvalue weighted by Gasteiger charge is 2.22. The van der Waals surface area contributed by atoms with E-state index < -0.39 is 0 Å². The lowest BCUT2D eigenvalue weighted by molar-refractivity contribution is 0.301. The van der Waals surface area contributed by atoms with Crippen molar-refractivity contribution < 1.29 is 10.2 Å². The van der Waals surface area contributed by atoms with Gasteiger partial charge in [0.15, 0.2) is 0 Å². The Morgan fingerprint density at radius 3 is 1.62 bits per heavy atom. The van der Waals surface area contributed by atoms with Crippen LogP contribution in [0.2, 0.25) is 0 Å². The maximum atomic E-state index is 9.65. The first kappa shape index (κ1) is 33.6. The Kier molecular flexibility index (Phi) is 12.9. The predicted molar refractivity (Wildman–Crippen MR) is 185 cm³/mol. The van der Waals surface area contributed by atoms with Crippen molar-refractivity contribution in [3.63, 3.8) is 0 Å². The maximum absolute atomic E-state index is 9.65. The summed E-state index contributed by atoms with van der Waals surface area (Å²) in [6.07, 6.45) is 0.788. The van der Waals surface area contributed by atoms with Gasteiger partial charge in [-0.15, -0.1) is 11.8 Å². The van der Waals surface area contributed by atoms with Gasteiger partial charge >= 0.3 is 0 Å². The van der Waals surface area contributed by atoms with E-state index in [0.717, 1.165) is 28.3 Å². The number of aliphatic hydroxyl groups excluding tert-OH is 2. The Morgan fingerprint density at radius 1 is 0.667 bits per heavy atom. The quantitative estimate of drug-likeness (QED) is 0.101. The number of hydrogen-bond donors (Lipinski definition) is 2. The van der Waals surface area contributed by atoms with Gasteiger partial charge in [0.2, 0.25) is 0 Å². The molecule has 0 spiro atoms. The molecule has 0 amide bonds. The molecule has 4 aromatic rings. The zero-order valence-corrected chi connectivity index (χ0v) is 27.0. The van der Waals surface area contributed by atoms with Crippen molar-refractivity contribution in [2.45, 2.75) is 43.3 Å². The summed E-state index contributed by atoms with van der Waals surface area (Å²) in [5, 5.41) is 37.6. The highest BCUT2D eigenvalue weighted by Crippen LogP contribution is 2.39. The molecule has 6 nitrogen and oxygen atoms in total. The Labute approximate surface area is 272 Å². The number of aryl methyl sites for hydroxylation is 2. The van der Waals surface area contributed by atoms with E-state index >= 15 is 0 Å². The molecule has 0 heterocycles. The molecule has 0 aliphatic heterocycles. The number of anilines is 2. The second-order valence-electron chi connectivity index (χ2n) is 11.1. The summed E-state index contributed by atoms with van der Waals surface area (Å²) in [5.41, 5.74) is 9.15. The molecular formula is C38H42N4O2S. The summed E-state index contributed by atoms with van der Waals surface area (Å²) >= 11 is 1.83. The van der Waals surface area contributed by atoms with Crippen LogP contribution in [0, 0.1) is 36.5 Å². The van der Waals surface area contributed by atoms with Crippen LogP contribution < -0.4 is 9.80 Å². The minimum Gasteiger partial charge on any atom is -0.395 e. The molecule has 0 fully saturated rings. The molecule has 4 rings (SSSR count). The van der Waals surface area contributed by atoms with Gasteiger partial charge < -0.3 is 20.0 Å². The van der Waals surface area contributed by atoms with E-state index in [9.17, 15) is 10.2 Å². The molecule has 45 heavy (non-hydrogen) atoms. The second-order valence-corrected chi connectivity index (χ2v) is 12.1. The van der Waals surface area contributed by atoms with Crippen LogP contribution >= 0.6 is 11.8 Å². The molecule has 0 bridgehead atoms. The molecule has 232 valence electrons. The highest BCUT2D eigenvalue weighted by molar-refractivity contribution is 7.98. The zero-order chi connectivity index (χ0) is 32.0. The average Bonchev–Trinajstić information content (AvgIpc) is 3.06. The molecule has 0 aromatic heterocycles. The van der Waals surface area contributed by atoms with Gasteiger partial charge in [-0.05, 0) is 83.6 Å². The molecule has 2 N–H and O–H groups in total. The fraction of sp³-hybridized carbons (Fsp3) is 0.316. The number of benzene rings is 4. The molecule has 7 heteroatoms. The third-order valence-corrected chi connectivity index (χ3v) is 9.13. The normalized spacial score (nSPS) is 10.8. The van der Waals surface area contributed by atoms with Crippen LogP contribution in [0.15, 0.2) is 95.9 Å². The van der Waals surface area contributed by atoms with Crippen molar-refractivity contribution in [2.24, 2.45) is 0 Å². The Hall–Kier alpha value is -4.27. The van der Waals surface area contributed by atoms with Crippen molar-refractivity contribution in [1.82, 2.24) is 0 Å². The van der Waals surface area contributed by atoms with Crippen LogP contribution in [0.5, 0.6) is 0 Å². The summed E-state index contributed by atoms with van der Waals surface area (Å²) < 4.78 is 0. The van der Waals surface area contributed by atoms with Crippen molar-refractivity contribution >= 4 is 23.1 Å². The lowest BCUT2D eigenvalue weighted by Gasteiger charge is -2.28. The first-order valence-electron chi connectivity index (χ1n) is 15.4. The van der Waals surface area contributed by atoms with E-state index in [1.54, 1.807) is 0 Å². The highest BCUT2D eigenvalue weighted by atomic mass is 32.2. The predicted octanol–water partition coefficient (Wildman–Crippen LogP) is 7.20. The summed E-state index contributed by atoms with van der Waals surface area (Å²) in [5.74, 6) is 0.897. The molecule has 0 saturated heterocycles. The number of rotatable bonds is 16.